The van der Waals surface area contributed by atoms with Gasteiger partial charge in [-0.05, 0) is 37.1 Å². The lowest BCUT2D eigenvalue weighted by Crippen LogP contribution is -2.42. The van der Waals surface area contributed by atoms with E-state index < -0.39 is 37.5 Å². The number of nitrogens with one attached hydrogen (secondary N) is 1. The minimum absolute atomic E-state index is 0.147. The Labute approximate surface area is 154 Å². The lowest BCUT2D eigenvalue weighted by atomic mass is 10.1. The van der Waals surface area contributed by atoms with Crippen molar-refractivity contribution in [1.82, 2.24) is 4.72 Å². The van der Waals surface area contributed by atoms with Crippen molar-refractivity contribution < 1.29 is 23.2 Å². The summed E-state index contributed by atoms with van der Waals surface area (Å²) < 4.78 is 27.2. The van der Waals surface area contributed by atoms with Gasteiger partial charge in [0.2, 0.25) is 10.0 Å². The highest BCUT2D eigenvalue weighted by atomic mass is 35.5. The lowest BCUT2D eigenvalue weighted by Gasteiger charge is -2.15. The van der Waals surface area contributed by atoms with Gasteiger partial charge in [-0.25, -0.2) is 8.42 Å². The fourth-order valence-electron chi connectivity index (χ4n) is 2.37. The van der Waals surface area contributed by atoms with Crippen LogP contribution in [-0.4, -0.2) is 30.5 Å². The average Bonchev–Trinajstić information content (AvgIpc) is 2.55. The van der Waals surface area contributed by atoms with Gasteiger partial charge in [0, 0.05) is 10.6 Å². The van der Waals surface area contributed by atoms with Gasteiger partial charge in [-0.15, -0.1) is 0 Å². The summed E-state index contributed by atoms with van der Waals surface area (Å²) in [6.45, 7) is 1.40. The van der Waals surface area contributed by atoms with Crippen molar-refractivity contribution in [3.63, 3.8) is 0 Å². The first-order chi connectivity index (χ1) is 12.1. The summed E-state index contributed by atoms with van der Waals surface area (Å²) in [6.07, 6.45) is -0.147. The van der Waals surface area contributed by atoms with Crippen molar-refractivity contribution in [3.05, 3.63) is 68.7 Å². The number of carboxylic acids is 1. The number of carboxylic acid groups (broad SMARTS) is 1. The standard InChI is InChI=1S/C16H15ClN2O6S/c1-10-3-2-4-14(15(10)19(22)23)26(24,25)18-13(16(20)21)9-11-5-7-12(17)8-6-11/h2-8,13,18H,9H2,1H3,(H,20,21)/t13-/m1/s1. The predicted molar refractivity (Wildman–Crippen MR) is 94.7 cm³/mol. The molecule has 138 valence electrons. The van der Waals surface area contributed by atoms with Crippen LogP contribution in [0.15, 0.2) is 47.4 Å². The molecule has 0 radical (unpaired) electrons. The number of hydrogen-bond donors (Lipinski definition) is 2. The SMILES string of the molecule is Cc1cccc(S(=O)(=O)N[C@H](Cc2ccc(Cl)cc2)C(=O)O)c1[N+](=O)[O-]. The van der Waals surface area contributed by atoms with E-state index >= 15 is 0 Å². The Hall–Kier alpha value is -2.49. The molecule has 0 saturated carbocycles. The zero-order valence-corrected chi connectivity index (χ0v) is 15.1. The van der Waals surface area contributed by atoms with Gasteiger partial charge in [-0.3, -0.25) is 14.9 Å². The zero-order valence-electron chi connectivity index (χ0n) is 13.5. The molecule has 0 aromatic heterocycles. The fourth-order valence-corrected chi connectivity index (χ4v) is 3.93. The number of carbonyl (C=O) groups is 1. The van der Waals surface area contributed by atoms with Gasteiger partial charge in [-0.2, -0.15) is 4.72 Å². The first kappa shape index (κ1) is 19.8. The molecule has 0 aliphatic carbocycles. The molecule has 10 heteroatoms. The maximum atomic E-state index is 12.6. The fraction of sp³-hybridized carbons (Fsp3) is 0.188. The van der Waals surface area contributed by atoms with Crippen LogP contribution in [0.25, 0.3) is 0 Å². The minimum Gasteiger partial charge on any atom is -0.480 e. The van der Waals surface area contributed by atoms with Gasteiger partial charge < -0.3 is 5.11 Å². The number of aliphatic carboxylic acids is 1. The molecule has 2 aromatic carbocycles. The highest BCUT2D eigenvalue weighted by molar-refractivity contribution is 7.89. The molecule has 0 saturated heterocycles. The molecule has 0 bridgehead atoms. The third kappa shape index (κ3) is 4.57. The quantitative estimate of drug-likeness (QED) is 0.545. The summed E-state index contributed by atoms with van der Waals surface area (Å²) in [7, 11) is -4.43. The van der Waals surface area contributed by atoms with Crippen LogP contribution in [0.5, 0.6) is 0 Å². The summed E-state index contributed by atoms with van der Waals surface area (Å²) in [6, 6.07) is 8.57. The van der Waals surface area contributed by atoms with Crippen LogP contribution in [0.1, 0.15) is 11.1 Å². The number of sulfonamides is 1. The Kier molecular flexibility index (Phi) is 5.96. The highest BCUT2D eigenvalue weighted by Crippen LogP contribution is 2.27. The summed E-state index contributed by atoms with van der Waals surface area (Å²) >= 11 is 5.77. The van der Waals surface area contributed by atoms with Crippen LogP contribution in [0.4, 0.5) is 5.69 Å². The molecule has 2 N–H and O–H groups in total. The lowest BCUT2D eigenvalue weighted by molar-refractivity contribution is -0.388. The van der Waals surface area contributed by atoms with Gasteiger partial charge in [-0.1, -0.05) is 35.9 Å². The van der Waals surface area contributed by atoms with E-state index in [1.54, 1.807) is 24.3 Å². The summed E-state index contributed by atoms with van der Waals surface area (Å²) in [5.74, 6) is -1.40. The van der Waals surface area contributed by atoms with Crippen molar-refractivity contribution in [2.75, 3.05) is 0 Å². The zero-order chi connectivity index (χ0) is 19.5. The smallest absolute Gasteiger partial charge is 0.322 e. The molecule has 8 nitrogen and oxygen atoms in total. The number of hydrogen-bond acceptors (Lipinski definition) is 5. The van der Waals surface area contributed by atoms with Gasteiger partial charge in [0.05, 0.1) is 4.92 Å². The van der Waals surface area contributed by atoms with E-state index in [9.17, 15) is 28.4 Å². The Morgan fingerprint density at radius 1 is 1.27 bits per heavy atom. The number of benzene rings is 2. The Morgan fingerprint density at radius 3 is 2.42 bits per heavy atom. The molecule has 0 heterocycles. The maximum Gasteiger partial charge on any atom is 0.322 e. The van der Waals surface area contributed by atoms with E-state index in [0.29, 0.717) is 10.6 Å². The number of nitro benzene ring substituents is 1. The van der Waals surface area contributed by atoms with Crippen molar-refractivity contribution in [2.45, 2.75) is 24.3 Å². The molecule has 0 aliphatic rings. The van der Waals surface area contributed by atoms with Gasteiger partial charge in [0.15, 0.2) is 4.90 Å². The third-order valence-electron chi connectivity index (χ3n) is 3.62. The largest absolute Gasteiger partial charge is 0.480 e. The first-order valence-corrected chi connectivity index (χ1v) is 9.21. The number of halogens is 1. The average molecular weight is 399 g/mol. The van der Waals surface area contributed by atoms with Crippen LogP contribution in [0, 0.1) is 17.0 Å². The molecule has 0 unspecified atom stereocenters. The molecule has 2 rings (SSSR count). The van der Waals surface area contributed by atoms with Crippen molar-refractivity contribution in [2.24, 2.45) is 0 Å². The maximum absolute atomic E-state index is 12.6. The van der Waals surface area contributed by atoms with Gasteiger partial charge in [0.25, 0.3) is 5.69 Å². The van der Waals surface area contributed by atoms with Gasteiger partial charge in [0.1, 0.15) is 6.04 Å². The molecule has 0 spiro atoms. The summed E-state index contributed by atoms with van der Waals surface area (Å²) in [5, 5.41) is 21.0. The monoisotopic (exact) mass is 398 g/mol. The summed E-state index contributed by atoms with van der Waals surface area (Å²) in [5.41, 5.74) is 0.112. The molecule has 1 atom stereocenters. The van der Waals surface area contributed by atoms with E-state index in [2.05, 4.69) is 0 Å². The highest BCUT2D eigenvalue weighted by Gasteiger charge is 2.31. The first-order valence-electron chi connectivity index (χ1n) is 7.35. The second-order valence-electron chi connectivity index (χ2n) is 5.52. The molecule has 0 aliphatic heterocycles. The number of aryl methyl sites for hydroxylation is 1. The molecule has 26 heavy (non-hydrogen) atoms. The predicted octanol–water partition coefficient (Wildman–Crippen LogP) is 2.53. The molecular formula is C16H15ClN2O6S. The second kappa shape index (κ2) is 7.81. The molecule has 0 fully saturated rings. The third-order valence-corrected chi connectivity index (χ3v) is 5.38. The van der Waals surface area contributed by atoms with E-state index in [1.165, 1.54) is 19.1 Å². The van der Waals surface area contributed by atoms with E-state index in [-0.39, 0.29) is 12.0 Å². The molecule has 2 aromatic rings. The number of nitrogens with zero attached hydrogens (tertiary/aromatic N) is 1. The number of nitro groups is 1. The Bertz CT molecular complexity index is 944. The van der Waals surface area contributed by atoms with Crippen LogP contribution >= 0.6 is 11.6 Å². The normalized spacial score (nSPS) is 12.5. The van der Waals surface area contributed by atoms with Gasteiger partial charge >= 0.3 is 5.97 Å². The van der Waals surface area contributed by atoms with Crippen molar-refractivity contribution in [1.29, 1.82) is 0 Å². The topological polar surface area (TPSA) is 127 Å². The van der Waals surface area contributed by atoms with Crippen molar-refractivity contribution >= 4 is 33.3 Å². The van der Waals surface area contributed by atoms with Crippen LogP contribution in [0.3, 0.4) is 0 Å². The van der Waals surface area contributed by atoms with Crippen molar-refractivity contribution in [3.8, 4) is 0 Å². The Morgan fingerprint density at radius 2 is 1.88 bits per heavy atom. The minimum atomic E-state index is -4.43. The van der Waals surface area contributed by atoms with E-state index in [4.69, 9.17) is 11.6 Å². The van der Waals surface area contributed by atoms with E-state index in [1.807, 2.05) is 4.72 Å². The second-order valence-corrected chi connectivity index (χ2v) is 7.64. The summed E-state index contributed by atoms with van der Waals surface area (Å²) in [4.78, 5) is 21.3. The van der Waals surface area contributed by atoms with Crippen LogP contribution < -0.4 is 4.72 Å². The number of para-hydroxylation sites is 1. The molecular weight excluding hydrogens is 384 g/mol. The Balaban J connectivity index is 2.36. The van der Waals surface area contributed by atoms with Crippen LogP contribution in [0.2, 0.25) is 5.02 Å². The van der Waals surface area contributed by atoms with E-state index in [0.717, 1.165) is 6.07 Å². The molecule has 0 amide bonds. The van der Waals surface area contributed by atoms with Crippen LogP contribution in [-0.2, 0) is 21.2 Å². The number of rotatable bonds is 7.